The maximum atomic E-state index is 13.2. The van der Waals surface area contributed by atoms with Gasteiger partial charge in [0, 0.05) is 19.6 Å². The predicted molar refractivity (Wildman–Crippen MR) is 73.1 cm³/mol. The average molecular weight is 264 g/mol. The van der Waals surface area contributed by atoms with Gasteiger partial charge in [0.1, 0.15) is 5.82 Å². The summed E-state index contributed by atoms with van der Waals surface area (Å²) < 4.78 is 13.2. The summed E-state index contributed by atoms with van der Waals surface area (Å²) in [6.07, 6.45) is 2.00. The van der Waals surface area contributed by atoms with Crippen LogP contribution in [0.15, 0.2) is 24.3 Å². The van der Waals surface area contributed by atoms with Crippen molar-refractivity contribution in [3.05, 3.63) is 35.6 Å². The molecule has 0 spiro atoms. The lowest BCUT2D eigenvalue weighted by Crippen LogP contribution is -2.42. The molecule has 1 saturated heterocycles. The number of amides is 1. The summed E-state index contributed by atoms with van der Waals surface area (Å²) in [4.78, 5) is 14.2. The van der Waals surface area contributed by atoms with Gasteiger partial charge < -0.3 is 10.2 Å². The van der Waals surface area contributed by atoms with Crippen LogP contribution in [0, 0.1) is 11.7 Å². The molecule has 1 amide bonds. The molecule has 19 heavy (non-hydrogen) atoms. The van der Waals surface area contributed by atoms with E-state index in [1.807, 2.05) is 17.9 Å². The number of hydrogen-bond donors (Lipinski definition) is 1. The fraction of sp³-hybridized carbons (Fsp3) is 0.533. The minimum atomic E-state index is -0.250. The number of carbonyl (C=O) groups excluding carboxylic acids is 1. The van der Waals surface area contributed by atoms with Crippen LogP contribution in [-0.2, 0) is 11.3 Å². The summed E-state index contributed by atoms with van der Waals surface area (Å²) in [5, 5.41) is 3.26. The van der Waals surface area contributed by atoms with E-state index in [-0.39, 0.29) is 17.6 Å². The summed E-state index contributed by atoms with van der Waals surface area (Å²) in [5.41, 5.74) is 0.846. The fourth-order valence-corrected chi connectivity index (χ4v) is 2.52. The van der Waals surface area contributed by atoms with Crippen molar-refractivity contribution in [1.29, 1.82) is 0 Å². The number of benzene rings is 1. The van der Waals surface area contributed by atoms with Crippen molar-refractivity contribution in [3.8, 4) is 0 Å². The summed E-state index contributed by atoms with van der Waals surface area (Å²) in [7, 11) is 0. The van der Waals surface area contributed by atoms with Crippen LogP contribution in [0.3, 0.4) is 0 Å². The second kappa shape index (κ2) is 6.66. The Morgan fingerprint density at radius 2 is 2.37 bits per heavy atom. The fourth-order valence-electron chi connectivity index (χ4n) is 2.52. The van der Waals surface area contributed by atoms with E-state index < -0.39 is 0 Å². The van der Waals surface area contributed by atoms with Gasteiger partial charge in [-0.3, -0.25) is 4.79 Å². The van der Waals surface area contributed by atoms with Gasteiger partial charge in [0.25, 0.3) is 0 Å². The first-order valence-electron chi connectivity index (χ1n) is 6.94. The molecule has 4 heteroatoms. The maximum absolute atomic E-state index is 13.2. The molecule has 3 nitrogen and oxygen atoms in total. The molecule has 1 N–H and O–H groups in total. The van der Waals surface area contributed by atoms with Crippen molar-refractivity contribution in [3.63, 3.8) is 0 Å². The largest absolute Gasteiger partial charge is 0.338 e. The highest BCUT2D eigenvalue weighted by molar-refractivity contribution is 5.79. The number of carbonyl (C=O) groups is 1. The summed E-state index contributed by atoms with van der Waals surface area (Å²) in [5.74, 6) is 0.00144. The van der Waals surface area contributed by atoms with Crippen LogP contribution in [-0.4, -0.2) is 30.4 Å². The van der Waals surface area contributed by atoms with Crippen LogP contribution < -0.4 is 5.32 Å². The third kappa shape index (κ3) is 3.77. The lowest BCUT2D eigenvalue weighted by molar-refractivity contribution is -0.136. The zero-order chi connectivity index (χ0) is 13.7. The van der Waals surface area contributed by atoms with Gasteiger partial charge >= 0.3 is 0 Å². The summed E-state index contributed by atoms with van der Waals surface area (Å²) in [6, 6.07) is 6.46. The molecule has 1 heterocycles. The van der Waals surface area contributed by atoms with Crippen LogP contribution in [0.4, 0.5) is 4.39 Å². The molecule has 0 bridgehead atoms. The van der Waals surface area contributed by atoms with E-state index in [2.05, 4.69) is 5.32 Å². The molecule has 0 aliphatic carbocycles. The minimum absolute atomic E-state index is 0.0715. The minimum Gasteiger partial charge on any atom is -0.338 e. The summed E-state index contributed by atoms with van der Waals surface area (Å²) in [6.45, 7) is 4.88. The molecule has 0 unspecified atom stereocenters. The average Bonchev–Trinajstić information content (AvgIpc) is 2.45. The molecule has 1 aliphatic rings. The van der Waals surface area contributed by atoms with E-state index in [4.69, 9.17) is 0 Å². The van der Waals surface area contributed by atoms with Gasteiger partial charge in [-0.1, -0.05) is 12.1 Å². The quantitative estimate of drug-likeness (QED) is 0.904. The Morgan fingerprint density at radius 1 is 1.53 bits per heavy atom. The smallest absolute Gasteiger partial charge is 0.227 e. The number of hydrogen-bond acceptors (Lipinski definition) is 2. The molecule has 0 saturated carbocycles. The Bertz CT molecular complexity index is 430. The topological polar surface area (TPSA) is 32.3 Å². The standard InChI is InChI=1S/C15H21FN2O/c1-2-18(11-12-5-3-7-14(16)9-12)15(19)13-6-4-8-17-10-13/h3,5,7,9,13,17H,2,4,6,8,10-11H2,1H3/t13-/m1/s1. The summed E-state index contributed by atoms with van der Waals surface area (Å²) >= 11 is 0. The van der Waals surface area contributed by atoms with Crippen LogP contribution in [0.1, 0.15) is 25.3 Å². The lowest BCUT2D eigenvalue weighted by atomic mass is 9.98. The van der Waals surface area contributed by atoms with Gasteiger partial charge in [0.2, 0.25) is 5.91 Å². The van der Waals surface area contributed by atoms with Gasteiger partial charge in [0.15, 0.2) is 0 Å². The van der Waals surface area contributed by atoms with E-state index in [1.165, 1.54) is 12.1 Å². The first-order chi connectivity index (χ1) is 9.20. The molecule has 104 valence electrons. The monoisotopic (exact) mass is 264 g/mol. The van der Waals surface area contributed by atoms with Gasteiger partial charge in [0.05, 0.1) is 5.92 Å². The third-order valence-corrected chi connectivity index (χ3v) is 3.60. The molecule has 0 aromatic heterocycles. The zero-order valence-electron chi connectivity index (χ0n) is 11.4. The molecule has 1 aromatic carbocycles. The Hall–Kier alpha value is -1.42. The van der Waals surface area contributed by atoms with E-state index in [0.717, 1.165) is 31.5 Å². The predicted octanol–water partition coefficient (Wildman–Crippen LogP) is 2.17. The van der Waals surface area contributed by atoms with Gasteiger partial charge in [-0.25, -0.2) is 4.39 Å². The lowest BCUT2D eigenvalue weighted by Gasteiger charge is -2.29. The normalized spacial score (nSPS) is 19.2. The molecule has 1 aliphatic heterocycles. The molecular weight excluding hydrogens is 243 g/mol. The van der Waals surface area contributed by atoms with Crippen molar-refractivity contribution >= 4 is 5.91 Å². The second-order valence-corrected chi connectivity index (χ2v) is 5.03. The Kier molecular flexibility index (Phi) is 4.91. The SMILES string of the molecule is CCN(Cc1cccc(F)c1)C(=O)[C@@H]1CCCNC1. The van der Waals surface area contributed by atoms with Gasteiger partial charge in [-0.2, -0.15) is 0 Å². The highest BCUT2D eigenvalue weighted by Gasteiger charge is 2.25. The van der Waals surface area contributed by atoms with Crippen LogP contribution in [0.25, 0.3) is 0 Å². The highest BCUT2D eigenvalue weighted by atomic mass is 19.1. The van der Waals surface area contributed by atoms with Crippen LogP contribution in [0.2, 0.25) is 0 Å². The molecule has 2 rings (SSSR count). The van der Waals surface area contributed by atoms with Crippen LogP contribution >= 0.6 is 0 Å². The molecule has 1 aromatic rings. The van der Waals surface area contributed by atoms with E-state index in [1.54, 1.807) is 6.07 Å². The molecule has 1 fully saturated rings. The number of nitrogens with zero attached hydrogens (tertiary/aromatic N) is 1. The van der Waals surface area contributed by atoms with E-state index in [9.17, 15) is 9.18 Å². The van der Waals surface area contributed by atoms with Crippen molar-refractivity contribution in [2.24, 2.45) is 5.92 Å². The maximum Gasteiger partial charge on any atom is 0.227 e. The Balaban J connectivity index is 2.00. The van der Waals surface area contributed by atoms with E-state index in [0.29, 0.717) is 13.1 Å². The second-order valence-electron chi connectivity index (χ2n) is 5.03. The van der Waals surface area contributed by atoms with Crippen molar-refractivity contribution in [2.45, 2.75) is 26.3 Å². The van der Waals surface area contributed by atoms with Crippen molar-refractivity contribution in [1.82, 2.24) is 10.2 Å². The number of nitrogens with one attached hydrogen (secondary N) is 1. The van der Waals surface area contributed by atoms with Crippen LogP contribution in [0.5, 0.6) is 0 Å². The first-order valence-corrected chi connectivity index (χ1v) is 6.94. The Morgan fingerprint density at radius 3 is 3.00 bits per heavy atom. The third-order valence-electron chi connectivity index (χ3n) is 3.60. The first kappa shape index (κ1) is 14.0. The molecular formula is C15H21FN2O. The number of rotatable bonds is 4. The highest BCUT2D eigenvalue weighted by Crippen LogP contribution is 2.16. The zero-order valence-corrected chi connectivity index (χ0v) is 11.4. The van der Waals surface area contributed by atoms with Crippen molar-refractivity contribution < 1.29 is 9.18 Å². The van der Waals surface area contributed by atoms with E-state index >= 15 is 0 Å². The number of halogens is 1. The number of piperidine rings is 1. The van der Waals surface area contributed by atoms with Crippen molar-refractivity contribution in [2.75, 3.05) is 19.6 Å². The molecule has 1 atom stereocenters. The van der Waals surface area contributed by atoms with Gasteiger partial charge in [-0.05, 0) is 44.0 Å². The molecule has 0 radical (unpaired) electrons. The Labute approximate surface area is 113 Å². The van der Waals surface area contributed by atoms with Gasteiger partial charge in [-0.15, -0.1) is 0 Å².